The molecular formula is C20H24N2O2. The van der Waals surface area contributed by atoms with Gasteiger partial charge in [0, 0.05) is 11.4 Å². The van der Waals surface area contributed by atoms with Crippen molar-refractivity contribution in [2.75, 3.05) is 10.6 Å². The maximum atomic E-state index is 12.6. The fraction of sp³-hybridized carbons (Fsp3) is 0.300. The first-order chi connectivity index (χ1) is 11.2. The predicted molar refractivity (Wildman–Crippen MR) is 98.1 cm³/mol. The van der Waals surface area contributed by atoms with Crippen molar-refractivity contribution in [3.63, 3.8) is 0 Å². The average Bonchev–Trinajstić information content (AvgIpc) is 2.53. The molecule has 0 aliphatic heterocycles. The van der Waals surface area contributed by atoms with Crippen molar-refractivity contribution in [1.82, 2.24) is 0 Å². The summed E-state index contributed by atoms with van der Waals surface area (Å²) in [7, 11) is 0. The van der Waals surface area contributed by atoms with Crippen LogP contribution in [-0.2, 0) is 9.59 Å². The second-order valence-electron chi connectivity index (χ2n) is 6.72. The summed E-state index contributed by atoms with van der Waals surface area (Å²) in [6, 6.07) is 13.3. The summed E-state index contributed by atoms with van der Waals surface area (Å²) in [5.74, 6) is -0.671. The van der Waals surface area contributed by atoms with Crippen LogP contribution in [0.25, 0.3) is 0 Å². The zero-order valence-electron chi connectivity index (χ0n) is 14.9. The van der Waals surface area contributed by atoms with Gasteiger partial charge in [-0.1, -0.05) is 29.8 Å². The van der Waals surface area contributed by atoms with Gasteiger partial charge in [-0.25, -0.2) is 0 Å². The van der Waals surface area contributed by atoms with E-state index in [-0.39, 0.29) is 11.8 Å². The molecule has 24 heavy (non-hydrogen) atoms. The van der Waals surface area contributed by atoms with Gasteiger partial charge in [0.25, 0.3) is 0 Å². The minimum absolute atomic E-state index is 0.333. The molecule has 0 fully saturated rings. The Morgan fingerprint density at radius 1 is 0.792 bits per heavy atom. The minimum atomic E-state index is -1.19. The number of nitrogens with one attached hydrogen (secondary N) is 2. The van der Waals surface area contributed by atoms with E-state index in [1.807, 2.05) is 63.2 Å². The van der Waals surface area contributed by atoms with Gasteiger partial charge in [-0.2, -0.15) is 0 Å². The molecule has 2 aromatic rings. The minimum Gasteiger partial charge on any atom is -0.325 e. The summed E-state index contributed by atoms with van der Waals surface area (Å²) >= 11 is 0. The second kappa shape index (κ2) is 6.87. The molecule has 0 bridgehead atoms. The van der Waals surface area contributed by atoms with Crippen LogP contribution in [-0.4, -0.2) is 11.8 Å². The highest BCUT2D eigenvalue weighted by Gasteiger charge is 2.36. The number of carbonyl (C=O) groups is 2. The third-order valence-corrected chi connectivity index (χ3v) is 4.09. The van der Waals surface area contributed by atoms with Crippen LogP contribution in [0, 0.1) is 26.2 Å². The summed E-state index contributed by atoms with van der Waals surface area (Å²) in [6.07, 6.45) is 0. The van der Waals surface area contributed by atoms with E-state index in [1.54, 1.807) is 13.8 Å². The van der Waals surface area contributed by atoms with Crippen LogP contribution in [0.15, 0.2) is 42.5 Å². The largest absolute Gasteiger partial charge is 0.325 e. The smallest absolute Gasteiger partial charge is 0.239 e. The molecule has 2 rings (SSSR count). The third kappa shape index (κ3) is 4.02. The van der Waals surface area contributed by atoms with E-state index in [0.717, 1.165) is 22.4 Å². The zero-order chi connectivity index (χ0) is 17.9. The number of benzene rings is 2. The first-order valence-corrected chi connectivity index (χ1v) is 7.97. The average molecular weight is 324 g/mol. The Balaban J connectivity index is 2.12. The molecule has 0 atom stereocenters. The molecule has 0 aromatic heterocycles. The van der Waals surface area contributed by atoms with Crippen molar-refractivity contribution in [2.24, 2.45) is 5.41 Å². The van der Waals surface area contributed by atoms with E-state index >= 15 is 0 Å². The van der Waals surface area contributed by atoms with Crippen molar-refractivity contribution in [2.45, 2.75) is 34.6 Å². The Morgan fingerprint density at radius 3 is 1.96 bits per heavy atom. The van der Waals surface area contributed by atoms with Gasteiger partial charge in [0.1, 0.15) is 5.41 Å². The van der Waals surface area contributed by atoms with Crippen molar-refractivity contribution in [3.8, 4) is 0 Å². The highest BCUT2D eigenvalue weighted by molar-refractivity contribution is 6.14. The Kier molecular flexibility index (Phi) is 5.07. The van der Waals surface area contributed by atoms with Crippen LogP contribution in [0.4, 0.5) is 11.4 Å². The SMILES string of the molecule is Cc1ccc(NC(=O)C(C)(C)C(=O)Nc2cc(C)ccc2C)cc1. The van der Waals surface area contributed by atoms with E-state index < -0.39 is 5.41 Å². The van der Waals surface area contributed by atoms with Crippen LogP contribution in [0.5, 0.6) is 0 Å². The number of anilines is 2. The van der Waals surface area contributed by atoms with Gasteiger partial charge in [-0.05, 0) is 63.9 Å². The van der Waals surface area contributed by atoms with Crippen molar-refractivity contribution in [3.05, 3.63) is 59.2 Å². The molecule has 126 valence electrons. The topological polar surface area (TPSA) is 58.2 Å². The first-order valence-electron chi connectivity index (χ1n) is 7.97. The lowest BCUT2D eigenvalue weighted by molar-refractivity contribution is -0.135. The Morgan fingerprint density at radius 2 is 1.33 bits per heavy atom. The van der Waals surface area contributed by atoms with Crippen LogP contribution in [0.3, 0.4) is 0 Å². The molecule has 4 nitrogen and oxygen atoms in total. The number of amides is 2. The number of carbonyl (C=O) groups excluding carboxylic acids is 2. The van der Waals surface area contributed by atoms with Gasteiger partial charge in [-0.15, -0.1) is 0 Å². The van der Waals surface area contributed by atoms with Crippen molar-refractivity contribution >= 4 is 23.2 Å². The van der Waals surface area contributed by atoms with Crippen LogP contribution in [0.1, 0.15) is 30.5 Å². The molecular weight excluding hydrogens is 300 g/mol. The molecule has 2 aromatic carbocycles. The molecule has 0 saturated carbocycles. The monoisotopic (exact) mass is 324 g/mol. The summed E-state index contributed by atoms with van der Waals surface area (Å²) in [6.45, 7) is 9.11. The molecule has 0 unspecified atom stereocenters. The summed E-state index contributed by atoms with van der Waals surface area (Å²) in [5, 5.41) is 5.67. The summed E-state index contributed by atoms with van der Waals surface area (Å²) in [5.41, 5.74) is 3.34. The van der Waals surface area contributed by atoms with Gasteiger partial charge in [-0.3, -0.25) is 9.59 Å². The van der Waals surface area contributed by atoms with Gasteiger partial charge in [0.2, 0.25) is 11.8 Å². The van der Waals surface area contributed by atoms with Gasteiger partial charge in [0.05, 0.1) is 0 Å². The fourth-order valence-corrected chi connectivity index (χ4v) is 2.18. The second-order valence-corrected chi connectivity index (χ2v) is 6.72. The van der Waals surface area contributed by atoms with E-state index in [0.29, 0.717) is 5.69 Å². The maximum absolute atomic E-state index is 12.6. The summed E-state index contributed by atoms with van der Waals surface area (Å²) in [4.78, 5) is 25.1. The number of aryl methyl sites for hydroxylation is 3. The van der Waals surface area contributed by atoms with Crippen LogP contribution in [0.2, 0.25) is 0 Å². The molecule has 0 aliphatic carbocycles. The van der Waals surface area contributed by atoms with E-state index in [4.69, 9.17) is 0 Å². The number of rotatable bonds is 4. The van der Waals surface area contributed by atoms with Crippen molar-refractivity contribution in [1.29, 1.82) is 0 Å². The van der Waals surface area contributed by atoms with E-state index in [9.17, 15) is 9.59 Å². The molecule has 0 heterocycles. The molecule has 0 aliphatic rings. The molecule has 2 N–H and O–H groups in total. The Labute approximate surface area is 143 Å². The molecule has 0 radical (unpaired) electrons. The first kappa shape index (κ1) is 17.7. The van der Waals surface area contributed by atoms with Gasteiger partial charge >= 0.3 is 0 Å². The molecule has 4 heteroatoms. The number of hydrogen-bond acceptors (Lipinski definition) is 2. The summed E-state index contributed by atoms with van der Waals surface area (Å²) < 4.78 is 0. The van der Waals surface area contributed by atoms with Crippen molar-refractivity contribution < 1.29 is 9.59 Å². The highest BCUT2D eigenvalue weighted by atomic mass is 16.2. The molecule has 0 spiro atoms. The third-order valence-electron chi connectivity index (χ3n) is 4.09. The van der Waals surface area contributed by atoms with E-state index in [1.165, 1.54) is 0 Å². The van der Waals surface area contributed by atoms with Gasteiger partial charge in [0.15, 0.2) is 0 Å². The highest BCUT2D eigenvalue weighted by Crippen LogP contribution is 2.24. The molecule has 0 saturated heterocycles. The van der Waals surface area contributed by atoms with Gasteiger partial charge < -0.3 is 10.6 Å². The predicted octanol–water partition coefficient (Wildman–Crippen LogP) is 4.22. The van der Waals surface area contributed by atoms with Crippen LogP contribution >= 0.6 is 0 Å². The number of hydrogen-bond donors (Lipinski definition) is 2. The lowest BCUT2D eigenvalue weighted by atomic mass is 9.90. The lowest BCUT2D eigenvalue weighted by Gasteiger charge is -2.23. The Bertz CT molecular complexity index is 762. The normalized spacial score (nSPS) is 11.0. The van der Waals surface area contributed by atoms with Crippen LogP contribution < -0.4 is 10.6 Å². The van der Waals surface area contributed by atoms with E-state index in [2.05, 4.69) is 10.6 Å². The lowest BCUT2D eigenvalue weighted by Crippen LogP contribution is -2.41. The maximum Gasteiger partial charge on any atom is 0.239 e. The molecule has 2 amide bonds. The quantitative estimate of drug-likeness (QED) is 0.828. The standard InChI is InChI=1S/C20H24N2O2/c1-13-7-10-16(11-8-13)21-18(23)20(4,5)19(24)22-17-12-14(2)6-9-15(17)3/h6-12H,1-5H3,(H,21,23)(H,22,24). The fourth-order valence-electron chi connectivity index (χ4n) is 2.18. The Hall–Kier alpha value is -2.62. The zero-order valence-corrected chi connectivity index (χ0v) is 14.9.